The molecule has 5 heteroatoms. The van der Waals surface area contributed by atoms with Crippen molar-refractivity contribution in [3.05, 3.63) is 0 Å². The fourth-order valence-electron chi connectivity index (χ4n) is 2.72. The van der Waals surface area contributed by atoms with Crippen LogP contribution in [0.4, 0.5) is 0 Å². The second-order valence-electron chi connectivity index (χ2n) is 5.21. The molecule has 0 radical (unpaired) electrons. The van der Waals surface area contributed by atoms with E-state index in [2.05, 4.69) is 23.8 Å². The average molecular weight is 272 g/mol. The van der Waals surface area contributed by atoms with Gasteiger partial charge >= 0.3 is 5.97 Å². The second kappa shape index (κ2) is 8.51. The molecular weight excluding hydrogens is 244 g/mol. The minimum atomic E-state index is -0.0959. The molecule has 0 aromatic heterocycles. The lowest BCUT2D eigenvalue weighted by Crippen LogP contribution is -2.38. The number of hydrogen-bond donors (Lipinski definition) is 1. The van der Waals surface area contributed by atoms with Crippen LogP contribution in [0.3, 0.4) is 0 Å². The quantitative estimate of drug-likeness (QED) is 0.660. The fourth-order valence-corrected chi connectivity index (χ4v) is 2.72. The summed E-state index contributed by atoms with van der Waals surface area (Å²) in [5, 5.41) is 8.89. The first-order valence-electron chi connectivity index (χ1n) is 7.35. The van der Waals surface area contributed by atoms with Gasteiger partial charge in [-0.25, -0.2) is 0 Å². The van der Waals surface area contributed by atoms with E-state index >= 15 is 0 Å². The van der Waals surface area contributed by atoms with Gasteiger partial charge in [0.25, 0.3) is 0 Å². The van der Waals surface area contributed by atoms with E-state index < -0.39 is 0 Å². The van der Waals surface area contributed by atoms with Gasteiger partial charge in [0.05, 0.1) is 6.61 Å². The van der Waals surface area contributed by atoms with Gasteiger partial charge in [-0.05, 0) is 39.8 Å². The van der Waals surface area contributed by atoms with Crippen LogP contribution in [-0.4, -0.2) is 72.9 Å². The maximum Gasteiger partial charge on any atom is 0.323 e. The summed E-state index contributed by atoms with van der Waals surface area (Å²) in [6.07, 6.45) is 2.66. The topological polar surface area (TPSA) is 53.0 Å². The Balaban J connectivity index is 2.57. The molecule has 0 saturated carbocycles. The summed E-state index contributed by atoms with van der Waals surface area (Å²) in [7, 11) is 2.07. The van der Waals surface area contributed by atoms with Crippen LogP contribution >= 0.6 is 0 Å². The third-order valence-electron chi connectivity index (χ3n) is 3.74. The Labute approximate surface area is 116 Å². The van der Waals surface area contributed by atoms with Crippen molar-refractivity contribution in [3.63, 3.8) is 0 Å². The van der Waals surface area contributed by atoms with Gasteiger partial charge in [0.2, 0.25) is 0 Å². The van der Waals surface area contributed by atoms with Crippen LogP contribution in [0.1, 0.15) is 33.1 Å². The fraction of sp³-hybridized carbons (Fsp3) is 0.929. The molecule has 1 aliphatic rings. The van der Waals surface area contributed by atoms with Crippen molar-refractivity contribution in [2.45, 2.75) is 45.2 Å². The number of aliphatic hydroxyl groups excluding tert-OH is 1. The number of ether oxygens (including phenoxy) is 1. The highest BCUT2D eigenvalue weighted by Crippen LogP contribution is 2.23. The van der Waals surface area contributed by atoms with Gasteiger partial charge in [0.1, 0.15) is 6.04 Å². The summed E-state index contributed by atoms with van der Waals surface area (Å²) in [5.74, 6) is -0.0889. The van der Waals surface area contributed by atoms with E-state index in [1.54, 1.807) is 0 Å². The first-order chi connectivity index (χ1) is 9.13. The van der Waals surface area contributed by atoms with Crippen molar-refractivity contribution >= 4 is 5.97 Å². The first kappa shape index (κ1) is 16.4. The van der Waals surface area contributed by atoms with Crippen LogP contribution in [0, 0.1) is 0 Å². The minimum Gasteiger partial charge on any atom is -0.465 e. The van der Waals surface area contributed by atoms with Gasteiger partial charge in [0, 0.05) is 25.7 Å². The Hall–Kier alpha value is -0.650. The predicted molar refractivity (Wildman–Crippen MR) is 75.0 cm³/mol. The lowest BCUT2D eigenvalue weighted by molar-refractivity contribution is -0.148. The van der Waals surface area contributed by atoms with Gasteiger partial charge in [-0.15, -0.1) is 0 Å². The van der Waals surface area contributed by atoms with E-state index in [1.165, 1.54) is 0 Å². The van der Waals surface area contributed by atoms with Gasteiger partial charge in [0.15, 0.2) is 0 Å². The number of rotatable bonds is 8. The number of carbonyl (C=O) groups is 1. The molecule has 0 bridgehead atoms. The highest BCUT2D eigenvalue weighted by molar-refractivity contribution is 5.76. The molecule has 1 N–H and O–H groups in total. The minimum absolute atomic E-state index is 0.0889. The predicted octanol–water partition coefficient (Wildman–Crippen LogP) is 0.717. The van der Waals surface area contributed by atoms with Crippen LogP contribution < -0.4 is 0 Å². The molecule has 0 amide bonds. The zero-order valence-corrected chi connectivity index (χ0v) is 12.5. The number of hydrogen-bond acceptors (Lipinski definition) is 5. The van der Waals surface area contributed by atoms with Crippen LogP contribution in [0.15, 0.2) is 0 Å². The van der Waals surface area contributed by atoms with Crippen molar-refractivity contribution in [1.29, 1.82) is 0 Å². The third kappa shape index (κ3) is 4.75. The first-order valence-corrected chi connectivity index (χ1v) is 7.35. The molecular formula is C14H28N2O3. The van der Waals surface area contributed by atoms with Crippen molar-refractivity contribution in [3.8, 4) is 0 Å². The lowest BCUT2D eigenvalue weighted by atomic mass is 10.1. The van der Waals surface area contributed by atoms with E-state index in [1.807, 2.05) is 6.92 Å². The van der Waals surface area contributed by atoms with Crippen LogP contribution in [-0.2, 0) is 9.53 Å². The summed E-state index contributed by atoms with van der Waals surface area (Å²) >= 11 is 0. The van der Waals surface area contributed by atoms with Gasteiger partial charge in [-0.1, -0.05) is 6.92 Å². The van der Waals surface area contributed by atoms with Gasteiger partial charge in [-0.2, -0.15) is 0 Å². The number of esters is 1. The molecule has 1 heterocycles. The molecule has 0 aromatic rings. The molecule has 1 unspecified atom stereocenters. The number of carbonyl (C=O) groups excluding carboxylic acids is 1. The summed E-state index contributed by atoms with van der Waals surface area (Å²) in [4.78, 5) is 16.5. The van der Waals surface area contributed by atoms with Crippen LogP contribution in [0.25, 0.3) is 0 Å². The lowest BCUT2D eigenvalue weighted by Gasteiger charge is -2.24. The molecule has 112 valence electrons. The third-order valence-corrected chi connectivity index (χ3v) is 3.74. The number of likely N-dealkylation sites (N-methyl/N-ethyl adjacent to an activating group) is 1. The maximum absolute atomic E-state index is 12.0. The van der Waals surface area contributed by atoms with E-state index in [4.69, 9.17) is 9.84 Å². The molecule has 1 fully saturated rings. The number of aliphatic hydroxyl groups is 1. The molecule has 0 aliphatic carbocycles. The second-order valence-corrected chi connectivity index (χ2v) is 5.21. The Morgan fingerprint density at radius 3 is 2.79 bits per heavy atom. The van der Waals surface area contributed by atoms with Crippen molar-refractivity contribution in [2.75, 3.05) is 39.9 Å². The standard InChI is InChI=1S/C14H28N2O3/c1-4-7-16-11-12(15(3)8-6-9-17)10-13(16)14(18)19-5-2/h12-13,17H,4-11H2,1-3H3/t12?,13-/m0/s1. The van der Waals surface area contributed by atoms with Gasteiger partial charge in [-0.3, -0.25) is 9.69 Å². The van der Waals surface area contributed by atoms with E-state index in [0.717, 1.165) is 38.9 Å². The zero-order chi connectivity index (χ0) is 14.3. The van der Waals surface area contributed by atoms with Crippen molar-refractivity contribution in [1.82, 2.24) is 9.80 Å². The highest BCUT2D eigenvalue weighted by Gasteiger charge is 2.38. The largest absolute Gasteiger partial charge is 0.465 e. The Morgan fingerprint density at radius 1 is 1.47 bits per heavy atom. The summed E-state index contributed by atoms with van der Waals surface area (Å²) in [6.45, 7) is 7.37. The molecule has 1 rings (SSSR count). The van der Waals surface area contributed by atoms with Crippen LogP contribution in [0.2, 0.25) is 0 Å². The van der Waals surface area contributed by atoms with E-state index in [0.29, 0.717) is 12.6 Å². The monoisotopic (exact) mass is 272 g/mol. The van der Waals surface area contributed by atoms with Crippen molar-refractivity contribution < 1.29 is 14.6 Å². The Bertz CT molecular complexity index is 273. The number of nitrogens with zero attached hydrogens (tertiary/aromatic N) is 2. The molecule has 1 aliphatic heterocycles. The maximum atomic E-state index is 12.0. The number of likely N-dealkylation sites (tertiary alicyclic amines) is 1. The zero-order valence-electron chi connectivity index (χ0n) is 12.5. The summed E-state index contributed by atoms with van der Waals surface area (Å²) in [5.41, 5.74) is 0. The van der Waals surface area contributed by atoms with Crippen LogP contribution in [0.5, 0.6) is 0 Å². The molecule has 5 nitrogen and oxygen atoms in total. The average Bonchev–Trinajstić information content (AvgIpc) is 2.81. The normalized spacial score (nSPS) is 24.1. The Kier molecular flexibility index (Phi) is 7.34. The summed E-state index contributed by atoms with van der Waals surface area (Å²) in [6, 6.07) is 0.286. The van der Waals surface area contributed by atoms with Crippen molar-refractivity contribution in [2.24, 2.45) is 0 Å². The SMILES string of the molecule is CCCN1CC(N(C)CCCO)C[C@H]1C(=O)OCC. The Morgan fingerprint density at radius 2 is 2.21 bits per heavy atom. The van der Waals surface area contributed by atoms with E-state index in [-0.39, 0.29) is 18.6 Å². The summed E-state index contributed by atoms with van der Waals surface area (Å²) < 4.78 is 5.17. The molecule has 2 atom stereocenters. The van der Waals surface area contributed by atoms with Gasteiger partial charge < -0.3 is 14.7 Å². The molecule has 0 spiro atoms. The smallest absolute Gasteiger partial charge is 0.323 e. The highest BCUT2D eigenvalue weighted by atomic mass is 16.5. The molecule has 19 heavy (non-hydrogen) atoms. The molecule has 0 aromatic carbocycles. The van der Waals surface area contributed by atoms with E-state index in [9.17, 15) is 4.79 Å². The molecule has 1 saturated heterocycles.